The summed E-state index contributed by atoms with van der Waals surface area (Å²) >= 11 is 0. The van der Waals surface area contributed by atoms with Crippen LogP contribution in [0.2, 0.25) is 0 Å². The molecular formula is C26H22N4O4S. The van der Waals surface area contributed by atoms with Crippen LogP contribution in [0.4, 0.5) is 11.5 Å². The van der Waals surface area contributed by atoms with Gasteiger partial charge in [-0.05, 0) is 50.2 Å². The number of aryl methyl sites for hydroxylation is 2. The Kier molecular flexibility index (Phi) is 6.70. The van der Waals surface area contributed by atoms with Crippen LogP contribution in [0, 0.1) is 13.8 Å². The van der Waals surface area contributed by atoms with Crippen molar-refractivity contribution in [3.05, 3.63) is 113 Å². The summed E-state index contributed by atoms with van der Waals surface area (Å²) in [6, 6.07) is 22.5. The first-order valence-electron chi connectivity index (χ1n) is 10.7. The second kappa shape index (κ2) is 9.86. The molecule has 0 atom stereocenters. The van der Waals surface area contributed by atoms with Crippen LogP contribution >= 0.6 is 0 Å². The fourth-order valence-electron chi connectivity index (χ4n) is 3.42. The number of anilines is 2. The molecule has 1 aromatic heterocycles. The highest BCUT2D eigenvalue weighted by molar-refractivity contribution is 7.92. The lowest BCUT2D eigenvalue weighted by Crippen LogP contribution is -2.15. The van der Waals surface area contributed by atoms with Gasteiger partial charge in [0.1, 0.15) is 11.6 Å². The molecule has 0 saturated carbocycles. The Balaban J connectivity index is 1.42. The topological polar surface area (TPSA) is 118 Å². The number of ketones is 1. The Morgan fingerprint density at radius 1 is 0.743 bits per heavy atom. The molecule has 8 nitrogen and oxygen atoms in total. The molecule has 0 unspecified atom stereocenters. The average molecular weight is 487 g/mol. The van der Waals surface area contributed by atoms with Gasteiger partial charge in [-0.3, -0.25) is 14.3 Å². The number of nitrogens with one attached hydrogen (secondary N) is 2. The molecule has 0 saturated heterocycles. The zero-order valence-corrected chi connectivity index (χ0v) is 19.8. The molecule has 0 aliphatic heterocycles. The van der Waals surface area contributed by atoms with Crippen molar-refractivity contribution in [1.29, 1.82) is 0 Å². The van der Waals surface area contributed by atoms with E-state index in [-0.39, 0.29) is 22.4 Å². The highest BCUT2D eigenvalue weighted by atomic mass is 32.2. The number of aromatic nitrogens is 2. The van der Waals surface area contributed by atoms with E-state index in [4.69, 9.17) is 0 Å². The Bertz CT molecular complexity index is 1460. The third-order valence-corrected chi connectivity index (χ3v) is 6.44. The maximum absolute atomic E-state index is 12.7. The van der Waals surface area contributed by atoms with Crippen molar-refractivity contribution in [3.8, 4) is 0 Å². The Labute approximate surface area is 203 Å². The second-order valence-corrected chi connectivity index (χ2v) is 9.48. The number of nitrogens with zero attached hydrogens (tertiary/aromatic N) is 2. The van der Waals surface area contributed by atoms with Crippen molar-refractivity contribution >= 4 is 33.2 Å². The molecular weight excluding hydrogens is 464 g/mol. The van der Waals surface area contributed by atoms with Crippen LogP contribution in [0.5, 0.6) is 0 Å². The number of carbonyl (C=O) groups is 2. The van der Waals surface area contributed by atoms with Crippen LogP contribution in [0.1, 0.15) is 37.8 Å². The summed E-state index contributed by atoms with van der Waals surface area (Å²) in [6.45, 7) is 3.43. The number of sulfonamides is 1. The first-order chi connectivity index (χ1) is 16.7. The molecule has 176 valence electrons. The molecule has 9 heteroatoms. The van der Waals surface area contributed by atoms with Gasteiger partial charge in [-0.25, -0.2) is 18.4 Å². The fraction of sp³-hybridized carbons (Fsp3) is 0.0769. The number of hydrogen-bond acceptors (Lipinski definition) is 6. The van der Waals surface area contributed by atoms with Gasteiger partial charge in [0.15, 0.2) is 5.78 Å². The minimum Gasteiger partial charge on any atom is -0.322 e. The first kappa shape index (κ1) is 23.8. The predicted molar refractivity (Wildman–Crippen MR) is 133 cm³/mol. The van der Waals surface area contributed by atoms with Crippen LogP contribution in [-0.4, -0.2) is 30.1 Å². The van der Waals surface area contributed by atoms with E-state index in [0.29, 0.717) is 33.9 Å². The minimum absolute atomic E-state index is 0.0215. The minimum atomic E-state index is -3.87. The Hall–Kier alpha value is -4.37. The molecule has 3 aromatic carbocycles. The van der Waals surface area contributed by atoms with E-state index in [1.54, 1.807) is 62.4 Å². The largest absolute Gasteiger partial charge is 0.322 e. The van der Waals surface area contributed by atoms with E-state index < -0.39 is 10.0 Å². The van der Waals surface area contributed by atoms with Crippen molar-refractivity contribution < 1.29 is 18.0 Å². The van der Waals surface area contributed by atoms with Gasteiger partial charge in [0, 0.05) is 34.1 Å². The van der Waals surface area contributed by atoms with Crippen LogP contribution in [0.3, 0.4) is 0 Å². The maximum atomic E-state index is 12.7. The highest BCUT2D eigenvalue weighted by Gasteiger charge is 2.16. The molecule has 0 aliphatic carbocycles. The molecule has 1 amide bonds. The summed E-state index contributed by atoms with van der Waals surface area (Å²) in [6.07, 6.45) is 0. The van der Waals surface area contributed by atoms with Gasteiger partial charge < -0.3 is 5.32 Å². The van der Waals surface area contributed by atoms with E-state index in [1.165, 1.54) is 30.3 Å². The molecule has 35 heavy (non-hydrogen) atoms. The standard InChI is InChI=1S/C26H22N4O4S/c1-17-16-24(28-18(2)27-17)30-35(33,34)23-14-12-22(13-15-23)29-26(32)21-10-8-20(9-11-21)25(31)19-6-4-3-5-7-19/h3-16H,1-2H3,(H,29,32)(H,27,28,30). The van der Waals surface area contributed by atoms with E-state index in [2.05, 4.69) is 20.0 Å². The van der Waals surface area contributed by atoms with Gasteiger partial charge in [-0.15, -0.1) is 0 Å². The van der Waals surface area contributed by atoms with E-state index in [0.717, 1.165) is 0 Å². The van der Waals surface area contributed by atoms with Crippen molar-refractivity contribution in [2.75, 3.05) is 10.0 Å². The van der Waals surface area contributed by atoms with E-state index in [1.807, 2.05) is 6.07 Å². The lowest BCUT2D eigenvalue weighted by Gasteiger charge is -2.10. The summed E-state index contributed by atoms with van der Waals surface area (Å²) in [5.74, 6) is 0.124. The number of benzene rings is 3. The zero-order chi connectivity index (χ0) is 25.0. The van der Waals surface area contributed by atoms with Gasteiger partial charge in [0.2, 0.25) is 0 Å². The SMILES string of the molecule is Cc1cc(NS(=O)(=O)c2ccc(NC(=O)c3ccc(C(=O)c4ccccc4)cc3)cc2)nc(C)n1. The molecule has 0 radical (unpaired) electrons. The quantitative estimate of drug-likeness (QED) is 0.374. The molecule has 0 bridgehead atoms. The lowest BCUT2D eigenvalue weighted by atomic mass is 10.0. The molecule has 4 aromatic rings. The van der Waals surface area contributed by atoms with Gasteiger partial charge in [0.05, 0.1) is 4.90 Å². The third kappa shape index (κ3) is 5.77. The highest BCUT2D eigenvalue weighted by Crippen LogP contribution is 2.19. The summed E-state index contributed by atoms with van der Waals surface area (Å²) in [5, 5.41) is 2.72. The predicted octanol–water partition coefficient (Wildman–Crippen LogP) is 4.38. The van der Waals surface area contributed by atoms with Crippen LogP contribution in [0.15, 0.2) is 89.8 Å². The van der Waals surface area contributed by atoms with Crippen molar-refractivity contribution in [1.82, 2.24) is 9.97 Å². The summed E-state index contributed by atoms with van der Waals surface area (Å²) in [5.41, 5.74) is 2.48. The van der Waals surface area contributed by atoms with Crippen molar-refractivity contribution in [3.63, 3.8) is 0 Å². The summed E-state index contributed by atoms with van der Waals surface area (Å²) < 4.78 is 27.8. The number of carbonyl (C=O) groups excluding carboxylic acids is 2. The van der Waals surface area contributed by atoms with Gasteiger partial charge in [-0.2, -0.15) is 0 Å². The maximum Gasteiger partial charge on any atom is 0.263 e. The van der Waals surface area contributed by atoms with Crippen LogP contribution < -0.4 is 10.0 Å². The summed E-state index contributed by atoms with van der Waals surface area (Å²) in [4.78, 5) is 33.4. The second-order valence-electron chi connectivity index (χ2n) is 7.80. The zero-order valence-electron chi connectivity index (χ0n) is 19.0. The lowest BCUT2D eigenvalue weighted by molar-refractivity contribution is 0.102. The number of rotatable bonds is 7. The molecule has 1 heterocycles. The molecule has 4 rings (SSSR count). The monoisotopic (exact) mass is 486 g/mol. The number of amides is 1. The molecule has 0 spiro atoms. The van der Waals surface area contributed by atoms with E-state index in [9.17, 15) is 18.0 Å². The average Bonchev–Trinajstić information content (AvgIpc) is 2.83. The molecule has 2 N–H and O–H groups in total. The third-order valence-electron chi connectivity index (χ3n) is 5.07. The van der Waals surface area contributed by atoms with Crippen molar-refractivity contribution in [2.45, 2.75) is 18.7 Å². The molecule has 0 aliphatic rings. The van der Waals surface area contributed by atoms with Gasteiger partial charge in [0.25, 0.3) is 15.9 Å². The number of hydrogen-bond donors (Lipinski definition) is 2. The Morgan fingerprint density at radius 2 is 1.34 bits per heavy atom. The smallest absolute Gasteiger partial charge is 0.263 e. The normalized spacial score (nSPS) is 11.0. The van der Waals surface area contributed by atoms with Crippen LogP contribution in [-0.2, 0) is 10.0 Å². The first-order valence-corrected chi connectivity index (χ1v) is 12.2. The summed E-state index contributed by atoms with van der Waals surface area (Å²) in [7, 11) is -3.87. The van der Waals surface area contributed by atoms with E-state index >= 15 is 0 Å². The Morgan fingerprint density at radius 3 is 1.97 bits per heavy atom. The van der Waals surface area contributed by atoms with Crippen molar-refractivity contribution in [2.24, 2.45) is 0 Å². The fourth-order valence-corrected chi connectivity index (χ4v) is 4.41. The van der Waals surface area contributed by atoms with Crippen LogP contribution in [0.25, 0.3) is 0 Å². The van der Waals surface area contributed by atoms with Gasteiger partial charge >= 0.3 is 0 Å². The molecule has 0 fully saturated rings. The van der Waals surface area contributed by atoms with Gasteiger partial charge in [-0.1, -0.05) is 42.5 Å².